The summed E-state index contributed by atoms with van der Waals surface area (Å²) in [5.74, 6) is -6.87. The summed E-state index contributed by atoms with van der Waals surface area (Å²) in [5, 5.41) is 4.97. The number of hydrogen-bond acceptors (Lipinski definition) is 3. The average molecular weight is 536 g/mol. The number of halogens is 4. The lowest BCUT2D eigenvalue weighted by Gasteiger charge is -2.27. The van der Waals surface area contributed by atoms with E-state index >= 15 is 0 Å². The van der Waals surface area contributed by atoms with E-state index in [9.17, 15) is 31.9 Å². The molecule has 2 aromatic rings. The van der Waals surface area contributed by atoms with Crippen molar-refractivity contribution in [2.45, 2.75) is 84.0 Å². The molecule has 1 saturated heterocycles. The summed E-state index contributed by atoms with van der Waals surface area (Å²) in [4.78, 5) is 39.9. The van der Waals surface area contributed by atoms with Gasteiger partial charge in [-0.3, -0.25) is 14.4 Å². The topological polar surface area (TPSA) is 78.5 Å². The summed E-state index contributed by atoms with van der Waals surface area (Å²) < 4.78 is 55.8. The summed E-state index contributed by atoms with van der Waals surface area (Å²) >= 11 is 0. The van der Waals surface area contributed by atoms with Gasteiger partial charge in [-0.2, -0.15) is 0 Å². The third-order valence-corrected chi connectivity index (χ3v) is 7.02. The number of hydrogen-bond donors (Lipinski definition) is 2. The van der Waals surface area contributed by atoms with Crippen LogP contribution in [0.15, 0.2) is 30.3 Å². The molecule has 1 heterocycles. The number of likely N-dealkylation sites (tertiary alicyclic amines) is 1. The maximum Gasteiger partial charge on any atom is 0.255 e. The second-order valence-electron chi connectivity index (χ2n) is 9.70. The van der Waals surface area contributed by atoms with E-state index in [1.807, 2.05) is 27.7 Å². The van der Waals surface area contributed by atoms with Crippen molar-refractivity contribution in [2.24, 2.45) is 0 Å². The molecule has 3 amide bonds. The van der Waals surface area contributed by atoms with E-state index in [1.54, 1.807) is 11.8 Å². The van der Waals surface area contributed by atoms with Gasteiger partial charge in [0.25, 0.3) is 11.8 Å². The van der Waals surface area contributed by atoms with Crippen molar-refractivity contribution in [1.82, 2.24) is 15.5 Å². The predicted octanol–water partition coefficient (Wildman–Crippen LogP) is 5.42. The minimum Gasteiger partial charge on any atom is -0.347 e. The van der Waals surface area contributed by atoms with E-state index in [0.717, 1.165) is 18.9 Å². The highest BCUT2D eigenvalue weighted by Gasteiger charge is 2.52. The van der Waals surface area contributed by atoms with Gasteiger partial charge >= 0.3 is 0 Å². The zero-order valence-electron chi connectivity index (χ0n) is 22.1. The van der Waals surface area contributed by atoms with Gasteiger partial charge in [0.05, 0.1) is 11.6 Å². The Bertz CT molecular complexity index is 1220. The molecule has 0 aromatic heterocycles. The largest absolute Gasteiger partial charge is 0.347 e. The molecule has 2 N–H and O–H groups in total. The fraction of sp³-hybridized carbons (Fsp3) is 0.464. The first-order valence-electron chi connectivity index (χ1n) is 12.8. The standard InChI is InChI=1S/C26H27F4N3O3.C2H6/c1-13-4-5-14(2)33(13)24(35)16-6-7-18(20(28)10-16)15(3)31-25(36)26(8-9-26)32-23(34)19-11-17(27)12-21(29)22(19)30;1-2/h6-7,10-15H,4-5,8-9H2,1-3H3,(H,31,36)(H,32,34);1-2H3. The Morgan fingerprint density at radius 1 is 0.947 bits per heavy atom. The second-order valence-corrected chi connectivity index (χ2v) is 9.70. The molecule has 1 saturated carbocycles. The average Bonchev–Trinajstić information content (AvgIpc) is 3.58. The van der Waals surface area contributed by atoms with Crippen molar-refractivity contribution in [2.75, 3.05) is 0 Å². The molecule has 0 bridgehead atoms. The molecule has 2 aromatic carbocycles. The number of carbonyl (C=O) groups is 3. The van der Waals surface area contributed by atoms with E-state index < -0.39 is 52.2 Å². The first-order valence-corrected chi connectivity index (χ1v) is 12.8. The van der Waals surface area contributed by atoms with Crippen LogP contribution in [0.1, 0.15) is 92.6 Å². The molecule has 10 heteroatoms. The molecule has 0 spiro atoms. The van der Waals surface area contributed by atoms with Crippen LogP contribution in [0.4, 0.5) is 17.6 Å². The summed E-state index contributed by atoms with van der Waals surface area (Å²) in [6, 6.07) is 4.27. The first kappa shape index (κ1) is 29.1. The Balaban J connectivity index is 0.00000195. The Morgan fingerprint density at radius 3 is 2.11 bits per heavy atom. The molecule has 6 nitrogen and oxygen atoms in total. The van der Waals surface area contributed by atoms with E-state index in [2.05, 4.69) is 10.6 Å². The van der Waals surface area contributed by atoms with E-state index in [4.69, 9.17) is 0 Å². The van der Waals surface area contributed by atoms with Gasteiger partial charge in [0, 0.05) is 29.3 Å². The maximum atomic E-state index is 15.0. The minimum absolute atomic E-state index is 0.0655. The van der Waals surface area contributed by atoms with E-state index in [1.165, 1.54) is 12.1 Å². The van der Waals surface area contributed by atoms with Crippen LogP contribution in [0.2, 0.25) is 0 Å². The van der Waals surface area contributed by atoms with Crippen molar-refractivity contribution >= 4 is 17.7 Å². The lowest BCUT2D eigenvalue weighted by molar-refractivity contribution is -0.124. The Hall–Kier alpha value is -3.43. The zero-order valence-corrected chi connectivity index (χ0v) is 22.1. The van der Waals surface area contributed by atoms with Crippen LogP contribution >= 0.6 is 0 Å². The van der Waals surface area contributed by atoms with Crippen LogP contribution in [0.25, 0.3) is 0 Å². The molecule has 3 atom stereocenters. The molecule has 1 aliphatic heterocycles. The van der Waals surface area contributed by atoms with Gasteiger partial charge in [-0.1, -0.05) is 19.9 Å². The molecule has 4 rings (SSSR count). The van der Waals surface area contributed by atoms with E-state index in [0.29, 0.717) is 12.1 Å². The molecular weight excluding hydrogens is 502 g/mol. The summed E-state index contributed by atoms with van der Waals surface area (Å²) in [5.41, 5.74) is -1.89. The van der Waals surface area contributed by atoms with Gasteiger partial charge in [0.1, 0.15) is 17.2 Å². The molecule has 2 aliphatic rings. The molecular formula is C28H33F4N3O3. The Morgan fingerprint density at radius 2 is 1.55 bits per heavy atom. The van der Waals surface area contributed by atoms with Crippen LogP contribution in [-0.2, 0) is 4.79 Å². The normalized spacial score (nSPS) is 20.2. The Labute approximate surface area is 219 Å². The molecule has 206 valence electrons. The second kappa shape index (κ2) is 11.5. The predicted molar refractivity (Wildman–Crippen MR) is 134 cm³/mol. The molecule has 0 radical (unpaired) electrons. The number of rotatable bonds is 6. The lowest BCUT2D eigenvalue weighted by Crippen LogP contribution is -2.49. The van der Waals surface area contributed by atoms with Crippen molar-refractivity contribution in [3.63, 3.8) is 0 Å². The number of amides is 3. The monoisotopic (exact) mass is 535 g/mol. The highest BCUT2D eigenvalue weighted by molar-refractivity contribution is 6.01. The fourth-order valence-electron chi connectivity index (χ4n) is 4.71. The number of carbonyl (C=O) groups excluding carboxylic acids is 3. The number of nitrogens with zero attached hydrogens (tertiary/aromatic N) is 1. The zero-order chi connectivity index (χ0) is 28.4. The van der Waals surface area contributed by atoms with Gasteiger partial charge in [0.15, 0.2) is 11.6 Å². The van der Waals surface area contributed by atoms with E-state index in [-0.39, 0.29) is 42.0 Å². The first-order chi connectivity index (χ1) is 17.9. The summed E-state index contributed by atoms with van der Waals surface area (Å²) in [6.07, 6.45) is 2.21. The molecule has 3 unspecified atom stereocenters. The SMILES string of the molecule is CC.CC(NC(=O)C1(NC(=O)c2cc(F)cc(F)c2F)CC1)c1ccc(C(=O)N2C(C)CCC2C)cc1F. The van der Waals surface area contributed by atoms with Crippen LogP contribution in [0.5, 0.6) is 0 Å². The van der Waals surface area contributed by atoms with Crippen LogP contribution < -0.4 is 10.6 Å². The van der Waals surface area contributed by atoms with Gasteiger partial charge < -0.3 is 15.5 Å². The van der Waals surface area contributed by atoms with Gasteiger partial charge in [-0.05, 0) is 64.7 Å². The maximum absolute atomic E-state index is 15.0. The summed E-state index contributed by atoms with van der Waals surface area (Å²) in [7, 11) is 0. The van der Waals surface area contributed by atoms with Crippen LogP contribution in [0.3, 0.4) is 0 Å². The fourth-order valence-corrected chi connectivity index (χ4v) is 4.71. The summed E-state index contributed by atoms with van der Waals surface area (Å²) in [6.45, 7) is 9.45. The van der Waals surface area contributed by atoms with Gasteiger partial charge in [-0.15, -0.1) is 0 Å². The number of nitrogens with one attached hydrogen (secondary N) is 2. The lowest BCUT2D eigenvalue weighted by atomic mass is 10.0. The Kier molecular flexibility index (Phi) is 8.84. The smallest absolute Gasteiger partial charge is 0.255 e. The third-order valence-electron chi connectivity index (χ3n) is 7.02. The molecule has 1 aliphatic carbocycles. The highest BCUT2D eigenvalue weighted by Crippen LogP contribution is 2.37. The highest BCUT2D eigenvalue weighted by atomic mass is 19.2. The third kappa shape index (κ3) is 5.84. The van der Waals surface area contributed by atoms with Crippen LogP contribution in [0, 0.1) is 23.3 Å². The van der Waals surface area contributed by atoms with Crippen LogP contribution in [-0.4, -0.2) is 40.2 Å². The van der Waals surface area contributed by atoms with Crippen molar-refractivity contribution < 1.29 is 31.9 Å². The number of benzene rings is 2. The van der Waals surface area contributed by atoms with Crippen molar-refractivity contribution in [3.8, 4) is 0 Å². The van der Waals surface area contributed by atoms with Crippen molar-refractivity contribution in [3.05, 3.63) is 70.3 Å². The molecule has 38 heavy (non-hydrogen) atoms. The van der Waals surface area contributed by atoms with Gasteiger partial charge in [-0.25, -0.2) is 17.6 Å². The van der Waals surface area contributed by atoms with Crippen molar-refractivity contribution in [1.29, 1.82) is 0 Å². The molecule has 2 fully saturated rings. The quantitative estimate of drug-likeness (QED) is 0.383. The minimum atomic E-state index is -1.52. The van der Waals surface area contributed by atoms with Gasteiger partial charge in [0.2, 0.25) is 5.91 Å².